The van der Waals surface area contributed by atoms with Gasteiger partial charge in [0.15, 0.2) is 0 Å². The van der Waals surface area contributed by atoms with Crippen LogP contribution in [0.2, 0.25) is 0 Å². The van der Waals surface area contributed by atoms with Crippen LogP contribution in [-0.2, 0) is 0 Å². The predicted octanol–water partition coefficient (Wildman–Crippen LogP) is 2.62. The molecule has 2 atom stereocenters. The van der Waals surface area contributed by atoms with Crippen molar-refractivity contribution in [2.75, 3.05) is 11.9 Å². The number of rotatable bonds is 4. The van der Waals surface area contributed by atoms with Crippen molar-refractivity contribution in [1.29, 1.82) is 0 Å². The molecule has 100 valence electrons. The van der Waals surface area contributed by atoms with E-state index in [1.807, 2.05) is 6.07 Å². The van der Waals surface area contributed by atoms with Crippen LogP contribution in [0.5, 0.6) is 0 Å². The standard InChI is InChI=1S/C15H20N4/c16-10-12-4-2-6-14(12)18-13-5-1-3-11(9-13)15-7-8-17-19-15/h1,3,5,7-9,12,14,18H,2,4,6,10,16H2,(H,17,19). The van der Waals surface area contributed by atoms with E-state index in [1.54, 1.807) is 6.20 Å². The zero-order valence-corrected chi connectivity index (χ0v) is 11.0. The van der Waals surface area contributed by atoms with E-state index in [-0.39, 0.29) is 0 Å². The van der Waals surface area contributed by atoms with Crippen LogP contribution in [0.15, 0.2) is 36.5 Å². The van der Waals surface area contributed by atoms with Crippen LogP contribution < -0.4 is 11.1 Å². The normalized spacial score (nSPS) is 22.6. The fraction of sp³-hybridized carbons (Fsp3) is 0.400. The number of benzene rings is 1. The van der Waals surface area contributed by atoms with Gasteiger partial charge in [0.1, 0.15) is 0 Å². The van der Waals surface area contributed by atoms with Crippen LogP contribution in [0, 0.1) is 5.92 Å². The minimum Gasteiger partial charge on any atom is -0.382 e. The molecule has 0 radical (unpaired) electrons. The molecule has 1 fully saturated rings. The third-order valence-electron chi connectivity index (χ3n) is 3.99. The molecule has 1 aliphatic rings. The molecule has 0 saturated heterocycles. The summed E-state index contributed by atoms with van der Waals surface area (Å²) >= 11 is 0. The molecule has 4 heteroatoms. The number of aromatic nitrogens is 2. The van der Waals surface area contributed by atoms with Crippen molar-refractivity contribution in [3.63, 3.8) is 0 Å². The highest BCUT2D eigenvalue weighted by atomic mass is 15.1. The predicted molar refractivity (Wildman–Crippen MR) is 77.8 cm³/mol. The molecule has 2 aromatic rings. The van der Waals surface area contributed by atoms with Crippen LogP contribution in [0.1, 0.15) is 19.3 Å². The highest BCUT2D eigenvalue weighted by Crippen LogP contribution is 2.29. The van der Waals surface area contributed by atoms with Crippen LogP contribution in [0.4, 0.5) is 5.69 Å². The first kappa shape index (κ1) is 12.2. The molecule has 19 heavy (non-hydrogen) atoms. The van der Waals surface area contributed by atoms with Gasteiger partial charge in [-0.25, -0.2) is 0 Å². The van der Waals surface area contributed by atoms with Crippen molar-refractivity contribution in [2.24, 2.45) is 11.7 Å². The molecule has 4 N–H and O–H groups in total. The van der Waals surface area contributed by atoms with Crippen molar-refractivity contribution in [3.8, 4) is 11.3 Å². The van der Waals surface area contributed by atoms with Crippen LogP contribution in [0.3, 0.4) is 0 Å². The first-order valence-electron chi connectivity index (χ1n) is 6.93. The number of nitrogens with two attached hydrogens (primary N) is 1. The second-order valence-electron chi connectivity index (χ2n) is 5.23. The fourth-order valence-electron chi connectivity index (χ4n) is 2.92. The molecular formula is C15H20N4. The van der Waals surface area contributed by atoms with Gasteiger partial charge in [0.05, 0.1) is 5.69 Å². The maximum Gasteiger partial charge on any atom is 0.0650 e. The Morgan fingerprint density at radius 3 is 3.05 bits per heavy atom. The summed E-state index contributed by atoms with van der Waals surface area (Å²) in [6.07, 6.45) is 5.52. The number of anilines is 1. The van der Waals surface area contributed by atoms with Crippen LogP contribution >= 0.6 is 0 Å². The minimum absolute atomic E-state index is 0.516. The highest BCUT2D eigenvalue weighted by molar-refractivity contribution is 5.64. The molecule has 0 aliphatic heterocycles. The second kappa shape index (κ2) is 5.45. The second-order valence-corrected chi connectivity index (χ2v) is 5.23. The molecule has 1 saturated carbocycles. The van der Waals surface area contributed by atoms with Crippen molar-refractivity contribution < 1.29 is 0 Å². The first-order chi connectivity index (χ1) is 9.36. The summed E-state index contributed by atoms with van der Waals surface area (Å²) in [7, 11) is 0. The Balaban J connectivity index is 1.76. The van der Waals surface area contributed by atoms with E-state index in [1.165, 1.54) is 19.3 Å². The zero-order valence-electron chi connectivity index (χ0n) is 11.0. The molecular weight excluding hydrogens is 236 g/mol. The van der Waals surface area contributed by atoms with Crippen molar-refractivity contribution in [2.45, 2.75) is 25.3 Å². The Hall–Kier alpha value is -1.81. The van der Waals surface area contributed by atoms with Gasteiger partial charge in [0.25, 0.3) is 0 Å². The minimum atomic E-state index is 0.516. The van der Waals surface area contributed by atoms with Gasteiger partial charge in [-0.1, -0.05) is 18.6 Å². The van der Waals surface area contributed by atoms with Crippen LogP contribution in [-0.4, -0.2) is 22.8 Å². The number of nitrogens with zero attached hydrogens (tertiary/aromatic N) is 1. The van der Waals surface area contributed by atoms with Crippen molar-refractivity contribution in [3.05, 3.63) is 36.5 Å². The highest BCUT2D eigenvalue weighted by Gasteiger charge is 2.25. The molecule has 0 amide bonds. The van der Waals surface area contributed by atoms with Crippen molar-refractivity contribution >= 4 is 5.69 Å². The van der Waals surface area contributed by atoms with Gasteiger partial charge in [0, 0.05) is 23.5 Å². The van der Waals surface area contributed by atoms with Gasteiger partial charge >= 0.3 is 0 Å². The molecule has 0 bridgehead atoms. The zero-order chi connectivity index (χ0) is 13.1. The molecule has 1 aromatic carbocycles. The molecule has 3 rings (SSSR count). The third-order valence-corrected chi connectivity index (χ3v) is 3.99. The van der Waals surface area contributed by atoms with Gasteiger partial charge in [0.2, 0.25) is 0 Å². The average Bonchev–Trinajstić information content (AvgIpc) is 3.10. The molecule has 4 nitrogen and oxygen atoms in total. The van der Waals surface area contributed by atoms with E-state index >= 15 is 0 Å². The molecule has 1 aromatic heterocycles. The lowest BCUT2D eigenvalue weighted by Crippen LogP contribution is -2.29. The van der Waals surface area contributed by atoms with Gasteiger partial charge in [-0.2, -0.15) is 5.10 Å². The summed E-state index contributed by atoms with van der Waals surface area (Å²) in [6.45, 7) is 0.776. The Morgan fingerprint density at radius 1 is 1.32 bits per heavy atom. The number of aromatic amines is 1. The summed E-state index contributed by atoms with van der Waals surface area (Å²) in [4.78, 5) is 0. The summed E-state index contributed by atoms with van der Waals surface area (Å²) in [6, 6.07) is 10.9. The number of hydrogen-bond acceptors (Lipinski definition) is 3. The van der Waals surface area contributed by atoms with Crippen LogP contribution in [0.25, 0.3) is 11.3 Å². The Labute approximate surface area is 113 Å². The molecule has 2 unspecified atom stereocenters. The maximum atomic E-state index is 5.83. The Bertz CT molecular complexity index is 521. The fourth-order valence-corrected chi connectivity index (χ4v) is 2.92. The van der Waals surface area contributed by atoms with E-state index in [4.69, 9.17) is 5.73 Å². The van der Waals surface area contributed by atoms with Gasteiger partial charge in [-0.15, -0.1) is 0 Å². The SMILES string of the molecule is NCC1CCCC1Nc1cccc(-c2ccn[nH]2)c1. The topological polar surface area (TPSA) is 66.7 Å². The van der Waals surface area contributed by atoms with E-state index in [9.17, 15) is 0 Å². The lowest BCUT2D eigenvalue weighted by atomic mass is 10.0. The number of nitrogens with one attached hydrogen (secondary N) is 2. The molecule has 1 aliphatic carbocycles. The molecule has 0 spiro atoms. The largest absolute Gasteiger partial charge is 0.382 e. The summed E-state index contributed by atoms with van der Waals surface area (Å²) in [5.74, 6) is 0.607. The summed E-state index contributed by atoms with van der Waals surface area (Å²) < 4.78 is 0. The maximum absolute atomic E-state index is 5.83. The van der Waals surface area contributed by atoms with Gasteiger partial charge in [-0.3, -0.25) is 5.10 Å². The first-order valence-corrected chi connectivity index (χ1v) is 6.93. The lowest BCUT2D eigenvalue weighted by Gasteiger charge is -2.21. The van der Waals surface area contributed by atoms with E-state index in [0.29, 0.717) is 12.0 Å². The van der Waals surface area contributed by atoms with E-state index < -0.39 is 0 Å². The average molecular weight is 256 g/mol. The Kier molecular flexibility index (Phi) is 3.51. The summed E-state index contributed by atoms with van der Waals surface area (Å²) in [5.41, 5.74) is 9.20. The number of H-pyrrole nitrogens is 1. The van der Waals surface area contributed by atoms with Gasteiger partial charge < -0.3 is 11.1 Å². The number of hydrogen-bond donors (Lipinski definition) is 3. The van der Waals surface area contributed by atoms with E-state index in [2.05, 4.69) is 39.8 Å². The monoisotopic (exact) mass is 256 g/mol. The van der Waals surface area contributed by atoms with Gasteiger partial charge in [-0.05, 0) is 43.5 Å². The Morgan fingerprint density at radius 2 is 2.26 bits per heavy atom. The van der Waals surface area contributed by atoms with Crippen molar-refractivity contribution in [1.82, 2.24) is 10.2 Å². The molecule has 1 heterocycles. The summed E-state index contributed by atoms with van der Waals surface area (Å²) in [5, 5.41) is 10.6. The smallest absolute Gasteiger partial charge is 0.0650 e. The lowest BCUT2D eigenvalue weighted by molar-refractivity contribution is 0.516. The quantitative estimate of drug-likeness (QED) is 0.787. The third kappa shape index (κ3) is 2.63. The van der Waals surface area contributed by atoms with E-state index in [0.717, 1.165) is 23.5 Å².